The molecule has 0 atom stereocenters. The molecule has 0 saturated heterocycles. The van der Waals surface area contributed by atoms with Crippen LogP contribution in [-0.4, -0.2) is 30.7 Å². The average molecular weight is 384 g/mol. The molecule has 1 aromatic heterocycles. The van der Waals surface area contributed by atoms with Gasteiger partial charge in [-0.25, -0.2) is 9.59 Å². The van der Waals surface area contributed by atoms with Crippen LogP contribution in [0.1, 0.15) is 20.7 Å². The van der Waals surface area contributed by atoms with Gasteiger partial charge >= 0.3 is 11.9 Å². The van der Waals surface area contributed by atoms with Gasteiger partial charge in [-0.1, -0.05) is 54.1 Å². The summed E-state index contributed by atoms with van der Waals surface area (Å²) in [6.07, 6.45) is 0. The summed E-state index contributed by atoms with van der Waals surface area (Å²) in [5, 5.41) is 0.573. The van der Waals surface area contributed by atoms with Gasteiger partial charge in [0.1, 0.15) is 11.1 Å². The molecule has 2 aromatic carbocycles. The number of carbonyl (C=O) groups excluding carboxylic acids is 2. The first-order valence-corrected chi connectivity index (χ1v) is 8.58. The van der Waals surface area contributed by atoms with Crippen molar-refractivity contribution in [1.29, 1.82) is 0 Å². The van der Waals surface area contributed by atoms with Crippen LogP contribution >= 0.6 is 11.6 Å². The Morgan fingerprint density at radius 2 is 1.22 bits per heavy atom. The first-order chi connectivity index (χ1) is 13.0. The monoisotopic (exact) mass is 383 g/mol. The third-order valence-corrected chi connectivity index (χ3v) is 4.59. The molecule has 0 amide bonds. The molecular weight excluding hydrogens is 366 g/mol. The van der Waals surface area contributed by atoms with E-state index in [1.165, 1.54) is 14.2 Å². The molecule has 0 aliphatic rings. The molecule has 0 saturated carbocycles. The first kappa shape index (κ1) is 18.7. The molecule has 0 spiro atoms. The second-order valence-electron chi connectivity index (χ2n) is 5.86. The standard InChI is InChI=1S/C21H18ClNO4/c1-23-18(13-7-5-4-6-8-13)16(20(24)26-2)17(21(25)27-3)19(23)14-9-11-15(22)12-10-14/h4-12H,1-3H3. The predicted molar refractivity (Wildman–Crippen MR) is 104 cm³/mol. The summed E-state index contributed by atoms with van der Waals surface area (Å²) in [7, 11) is 4.36. The van der Waals surface area contributed by atoms with Crippen LogP contribution in [0.25, 0.3) is 22.5 Å². The number of hydrogen-bond acceptors (Lipinski definition) is 4. The maximum absolute atomic E-state index is 12.6. The molecule has 0 fully saturated rings. The number of carbonyl (C=O) groups is 2. The molecule has 27 heavy (non-hydrogen) atoms. The van der Waals surface area contributed by atoms with Gasteiger partial charge in [0.25, 0.3) is 0 Å². The summed E-state index contributed by atoms with van der Waals surface area (Å²) >= 11 is 6.00. The van der Waals surface area contributed by atoms with Gasteiger partial charge < -0.3 is 14.0 Å². The number of halogens is 1. The molecular formula is C21H18ClNO4. The Hall–Kier alpha value is -3.05. The highest BCUT2D eigenvalue weighted by Crippen LogP contribution is 2.38. The van der Waals surface area contributed by atoms with Crippen LogP contribution in [0.3, 0.4) is 0 Å². The number of aromatic nitrogens is 1. The minimum atomic E-state index is -0.613. The molecule has 0 aliphatic carbocycles. The van der Waals surface area contributed by atoms with E-state index in [2.05, 4.69) is 0 Å². The SMILES string of the molecule is COC(=O)c1c(C(=O)OC)c(-c2ccc(Cl)cc2)n(C)c1-c1ccccc1. The maximum atomic E-state index is 12.6. The lowest BCUT2D eigenvalue weighted by Gasteiger charge is -2.09. The number of hydrogen-bond donors (Lipinski definition) is 0. The Labute approximate surface area is 162 Å². The fourth-order valence-electron chi connectivity index (χ4n) is 3.17. The van der Waals surface area contributed by atoms with Crippen molar-refractivity contribution < 1.29 is 19.1 Å². The van der Waals surface area contributed by atoms with Gasteiger partial charge in [-0.05, 0) is 23.3 Å². The normalized spacial score (nSPS) is 10.5. The lowest BCUT2D eigenvalue weighted by molar-refractivity contribution is 0.0558. The first-order valence-electron chi connectivity index (χ1n) is 8.20. The van der Waals surface area contributed by atoms with E-state index in [1.807, 2.05) is 30.3 Å². The predicted octanol–water partition coefficient (Wildman–Crippen LogP) is 4.59. The van der Waals surface area contributed by atoms with Crippen molar-refractivity contribution in [1.82, 2.24) is 4.57 Å². The van der Waals surface area contributed by atoms with E-state index in [0.29, 0.717) is 16.4 Å². The van der Waals surface area contributed by atoms with Gasteiger partial charge in [-0.3, -0.25) is 0 Å². The van der Waals surface area contributed by atoms with E-state index in [1.54, 1.807) is 35.9 Å². The third-order valence-electron chi connectivity index (χ3n) is 4.34. The van der Waals surface area contributed by atoms with E-state index in [0.717, 1.165) is 11.1 Å². The van der Waals surface area contributed by atoms with Crippen LogP contribution in [0.4, 0.5) is 0 Å². The maximum Gasteiger partial charge on any atom is 0.340 e. The molecule has 0 bridgehead atoms. The quantitative estimate of drug-likeness (QED) is 0.618. The Balaban J connectivity index is 2.42. The van der Waals surface area contributed by atoms with Crippen LogP contribution in [0.5, 0.6) is 0 Å². The van der Waals surface area contributed by atoms with Gasteiger partial charge in [0.2, 0.25) is 0 Å². The Bertz CT molecular complexity index is 991. The molecule has 6 heteroatoms. The topological polar surface area (TPSA) is 57.5 Å². The van der Waals surface area contributed by atoms with Crippen molar-refractivity contribution in [3.05, 3.63) is 70.7 Å². The molecule has 0 unspecified atom stereocenters. The highest BCUT2D eigenvalue weighted by molar-refractivity contribution is 6.30. The van der Waals surface area contributed by atoms with E-state index in [4.69, 9.17) is 21.1 Å². The van der Waals surface area contributed by atoms with Crippen LogP contribution in [0.15, 0.2) is 54.6 Å². The lowest BCUT2D eigenvalue weighted by atomic mass is 10.0. The summed E-state index contributed by atoms with van der Waals surface area (Å²) in [5.74, 6) is -1.22. The second kappa shape index (κ2) is 7.68. The van der Waals surface area contributed by atoms with Gasteiger partial charge in [0.15, 0.2) is 0 Å². The van der Waals surface area contributed by atoms with E-state index in [-0.39, 0.29) is 11.1 Å². The van der Waals surface area contributed by atoms with Crippen molar-refractivity contribution in [2.24, 2.45) is 7.05 Å². The highest BCUT2D eigenvalue weighted by atomic mass is 35.5. The van der Waals surface area contributed by atoms with Gasteiger partial charge in [-0.15, -0.1) is 0 Å². The minimum absolute atomic E-state index is 0.160. The summed E-state index contributed by atoms with van der Waals surface area (Å²) in [6, 6.07) is 16.4. The molecule has 0 radical (unpaired) electrons. The molecule has 3 aromatic rings. The van der Waals surface area contributed by atoms with Gasteiger partial charge in [-0.2, -0.15) is 0 Å². The molecule has 138 valence electrons. The van der Waals surface area contributed by atoms with Crippen LogP contribution in [-0.2, 0) is 16.5 Å². The highest BCUT2D eigenvalue weighted by Gasteiger charge is 2.32. The summed E-state index contributed by atoms with van der Waals surface area (Å²) in [5.41, 5.74) is 2.97. The van der Waals surface area contributed by atoms with Crippen LogP contribution < -0.4 is 0 Å². The smallest absolute Gasteiger partial charge is 0.340 e. The van der Waals surface area contributed by atoms with Gasteiger partial charge in [0.05, 0.1) is 25.6 Å². The lowest BCUT2D eigenvalue weighted by Crippen LogP contribution is -2.11. The summed E-state index contributed by atoms with van der Waals surface area (Å²) < 4.78 is 11.8. The molecule has 5 nitrogen and oxygen atoms in total. The van der Waals surface area contributed by atoms with Crippen molar-refractivity contribution in [3.63, 3.8) is 0 Å². The third kappa shape index (κ3) is 3.34. The van der Waals surface area contributed by atoms with E-state index < -0.39 is 11.9 Å². The summed E-state index contributed by atoms with van der Waals surface area (Å²) in [4.78, 5) is 25.3. The minimum Gasteiger partial charge on any atom is -0.465 e. The zero-order chi connectivity index (χ0) is 19.6. The van der Waals surface area contributed by atoms with Crippen molar-refractivity contribution in [2.45, 2.75) is 0 Å². The molecule has 0 aliphatic heterocycles. The largest absolute Gasteiger partial charge is 0.465 e. The summed E-state index contributed by atoms with van der Waals surface area (Å²) in [6.45, 7) is 0. The number of methoxy groups -OCH3 is 2. The average Bonchev–Trinajstić information content (AvgIpc) is 3.01. The fourth-order valence-corrected chi connectivity index (χ4v) is 3.29. The van der Waals surface area contributed by atoms with Crippen LogP contribution in [0.2, 0.25) is 5.02 Å². The zero-order valence-electron chi connectivity index (χ0n) is 15.2. The Morgan fingerprint density at radius 1 is 0.778 bits per heavy atom. The van der Waals surface area contributed by atoms with E-state index >= 15 is 0 Å². The van der Waals surface area contributed by atoms with E-state index in [9.17, 15) is 9.59 Å². The number of rotatable bonds is 4. The van der Waals surface area contributed by atoms with Crippen molar-refractivity contribution >= 4 is 23.5 Å². The Kier molecular flexibility index (Phi) is 5.33. The zero-order valence-corrected chi connectivity index (χ0v) is 15.9. The Morgan fingerprint density at radius 3 is 1.67 bits per heavy atom. The molecule has 1 heterocycles. The van der Waals surface area contributed by atoms with Crippen molar-refractivity contribution in [2.75, 3.05) is 14.2 Å². The van der Waals surface area contributed by atoms with Gasteiger partial charge in [0, 0.05) is 12.1 Å². The van der Waals surface area contributed by atoms with Crippen molar-refractivity contribution in [3.8, 4) is 22.5 Å². The van der Waals surface area contributed by atoms with Crippen LogP contribution in [0, 0.1) is 0 Å². The number of nitrogens with zero attached hydrogens (tertiary/aromatic N) is 1. The second-order valence-corrected chi connectivity index (χ2v) is 6.30. The number of esters is 2. The number of ether oxygens (including phenoxy) is 2. The molecule has 0 N–H and O–H groups in total. The fraction of sp³-hybridized carbons (Fsp3) is 0.143. The number of benzene rings is 2. The molecule has 3 rings (SSSR count).